The van der Waals surface area contributed by atoms with E-state index < -0.39 is 30.2 Å². The Morgan fingerprint density at radius 1 is 1.29 bits per heavy atom. The summed E-state index contributed by atoms with van der Waals surface area (Å²) in [7, 11) is 0. The van der Waals surface area contributed by atoms with Crippen LogP contribution in [0.3, 0.4) is 0 Å². The molecule has 1 N–H and O–H groups in total. The monoisotopic (exact) mass is 440 g/mol. The van der Waals surface area contributed by atoms with E-state index in [1.165, 1.54) is 34.4 Å². The van der Waals surface area contributed by atoms with Gasteiger partial charge in [0, 0.05) is 6.07 Å². The molecule has 0 radical (unpaired) electrons. The molecule has 1 aromatic heterocycles. The second-order valence-electron chi connectivity index (χ2n) is 6.08. The van der Waals surface area contributed by atoms with Gasteiger partial charge in [-0.3, -0.25) is 14.5 Å². The van der Waals surface area contributed by atoms with E-state index in [0.717, 1.165) is 4.70 Å². The minimum atomic E-state index is -1.20. The van der Waals surface area contributed by atoms with Gasteiger partial charge in [-0.05, 0) is 24.3 Å². The summed E-state index contributed by atoms with van der Waals surface area (Å²) in [6.07, 6.45) is -1.70. The number of nitrogens with zero attached hydrogens (tertiary/aromatic N) is 2. The van der Waals surface area contributed by atoms with Gasteiger partial charge in [-0.1, -0.05) is 23.2 Å². The summed E-state index contributed by atoms with van der Waals surface area (Å²) in [4.78, 5) is 29.6. The Morgan fingerprint density at radius 2 is 2.04 bits per heavy atom. The molecule has 0 bridgehead atoms. The molecule has 28 heavy (non-hydrogen) atoms. The number of aliphatic carboxylic acids is 1. The molecule has 6 nitrogen and oxygen atoms in total. The van der Waals surface area contributed by atoms with Crippen molar-refractivity contribution >= 4 is 62.3 Å². The Bertz CT molecular complexity index is 1080. The molecule has 144 valence electrons. The fraction of sp³-hybridized carbons (Fsp3) is 0.167. The van der Waals surface area contributed by atoms with Crippen LogP contribution in [-0.2, 0) is 16.1 Å². The van der Waals surface area contributed by atoms with Crippen LogP contribution in [0.25, 0.3) is 10.2 Å². The Kier molecular flexibility index (Phi) is 4.86. The summed E-state index contributed by atoms with van der Waals surface area (Å²) in [6, 6.07) is 7.04. The number of carboxylic acids is 1. The lowest BCUT2D eigenvalue weighted by Gasteiger charge is -2.33. The number of hydrogen-bond acceptors (Lipinski definition) is 5. The number of rotatable bonds is 4. The largest absolute Gasteiger partial charge is 0.481 e. The Labute approximate surface area is 172 Å². The number of aromatic nitrogens is 1. The van der Waals surface area contributed by atoms with E-state index in [4.69, 9.17) is 33.0 Å². The molecule has 0 saturated heterocycles. The highest BCUT2D eigenvalue weighted by molar-refractivity contribution is 7.18. The van der Waals surface area contributed by atoms with E-state index in [2.05, 4.69) is 4.98 Å². The van der Waals surface area contributed by atoms with Crippen LogP contribution >= 0.6 is 34.5 Å². The van der Waals surface area contributed by atoms with Gasteiger partial charge in [-0.15, -0.1) is 11.3 Å². The quantitative estimate of drug-likeness (QED) is 0.645. The minimum Gasteiger partial charge on any atom is -0.481 e. The van der Waals surface area contributed by atoms with E-state index in [1.807, 2.05) is 0 Å². The number of amides is 1. The number of carbonyl (C=O) groups is 2. The molecule has 0 aliphatic carbocycles. The number of fused-ring (bicyclic) bond motifs is 2. The van der Waals surface area contributed by atoms with E-state index in [9.17, 15) is 14.0 Å². The Balaban J connectivity index is 1.73. The summed E-state index contributed by atoms with van der Waals surface area (Å²) in [5.74, 6) is -2.05. The maximum absolute atomic E-state index is 13.8. The topological polar surface area (TPSA) is 79.7 Å². The first kappa shape index (κ1) is 18.9. The molecular weight excluding hydrogens is 430 g/mol. The van der Waals surface area contributed by atoms with Crippen LogP contribution in [0.4, 0.5) is 10.1 Å². The normalized spacial score (nSPS) is 16.2. The highest BCUT2D eigenvalue weighted by atomic mass is 35.5. The van der Waals surface area contributed by atoms with Crippen LogP contribution < -0.4 is 9.64 Å². The summed E-state index contributed by atoms with van der Waals surface area (Å²) < 4.78 is 20.0. The first-order valence-corrected chi connectivity index (χ1v) is 9.63. The third-order valence-electron chi connectivity index (χ3n) is 4.15. The smallest absolute Gasteiger partial charge is 0.307 e. The zero-order valence-corrected chi connectivity index (χ0v) is 16.3. The zero-order chi connectivity index (χ0) is 20.0. The Morgan fingerprint density at radius 3 is 2.79 bits per heavy atom. The number of carbonyl (C=O) groups excluding carboxylic acids is 1. The lowest BCUT2D eigenvalue weighted by molar-refractivity contribution is -0.142. The van der Waals surface area contributed by atoms with Crippen LogP contribution in [0, 0.1) is 5.82 Å². The molecule has 3 aromatic rings. The molecule has 0 spiro atoms. The number of anilines is 1. The summed E-state index contributed by atoms with van der Waals surface area (Å²) in [6.45, 7) is 0.0311. The molecule has 2 heterocycles. The lowest BCUT2D eigenvalue weighted by Crippen LogP contribution is -2.46. The van der Waals surface area contributed by atoms with E-state index >= 15 is 0 Å². The number of hydrogen-bond donors (Lipinski definition) is 1. The standard InChI is InChI=1S/C18H11Cl2FN2O4S/c19-9-4-11-15(5-10(9)20)28-16(22-11)7-23-12-3-8(21)1-2-13(12)27-14(18(23)26)6-17(24)25/h1-5,14H,6-7H2,(H,24,25). The SMILES string of the molecule is O=C(O)CC1Oc2ccc(F)cc2N(Cc2nc3cc(Cl)c(Cl)cc3s2)C1=O. The molecule has 1 amide bonds. The zero-order valence-electron chi connectivity index (χ0n) is 14.0. The van der Waals surface area contributed by atoms with Gasteiger partial charge in [0.1, 0.15) is 16.6 Å². The third kappa shape index (κ3) is 3.50. The molecule has 0 saturated carbocycles. The summed E-state index contributed by atoms with van der Waals surface area (Å²) in [5, 5.41) is 10.4. The van der Waals surface area contributed by atoms with Crippen molar-refractivity contribution in [1.29, 1.82) is 0 Å². The molecule has 10 heteroatoms. The van der Waals surface area contributed by atoms with Gasteiger partial charge in [0.2, 0.25) is 0 Å². The van der Waals surface area contributed by atoms with Crippen molar-refractivity contribution in [2.75, 3.05) is 4.90 Å². The number of carboxylic acid groups (broad SMARTS) is 1. The highest BCUT2D eigenvalue weighted by Crippen LogP contribution is 2.38. The molecule has 4 rings (SSSR count). The van der Waals surface area contributed by atoms with Crippen LogP contribution in [0.2, 0.25) is 10.0 Å². The predicted octanol–water partition coefficient (Wildman–Crippen LogP) is 4.51. The summed E-state index contributed by atoms with van der Waals surface area (Å²) >= 11 is 13.4. The van der Waals surface area contributed by atoms with Gasteiger partial charge in [-0.25, -0.2) is 9.37 Å². The van der Waals surface area contributed by atoms with E-state index in [-0.39, 0.29) is 18.0 Å². The Hall–Kier alpha value is -2.42. The highest BCUT2D eigenvalue weighted by Gasteiger charge is 2.36. The van der Waals surface area contributed by atoms with Crippen molar-refractivity contribution in [3.8, 4) is 5.75 Å². The van der Waals surface area contributed by atoms with Crippen LogP contribution in [0.5, 0.6) is 5.75 Å². The fourth-order valence-corrected chi connectivity index (χ4v) is 4.29. The van der Waals surface area contributed by atoms with Crippen molar-refractivity contribution < 1.29 is 23.8 Å². The summed E-state index contributed by atoms with van der Waals surface area (Å²) in [5.41, 5.74) is 0.846. The fourth-order valence-electron chi connectivity index (χ4n) is 2.92. The van der Waals surface area contributed by atoms with Gasteiger partial charge in [0.25, 0.3) is 5.91 Å². The maximum Gasteiger partial charge on any atom is 0.307 e. The van der Waals surface area contributed by atoms with E-state index in [1.54, 1.807) is 12.1 Å². The molecule has 0 fully saturated rings. The predicted molar refractivity (Wildman–Crippen MR) is 104 cm³/mol. The van der Waals surface area contributed by atoms with Gasteiger partial charge < -0.3 is 9.84 Å². The molecular formula is C18H11Cl2FN2O4S. The minimum absolute atomic E-state index is 0.0311. The molecule has 1 aliphatic heterocycles. The molecule has 1 atom stereocenters. The van der Waals surface area contributed by atoms with Gasteiger partial charge in [0.05, 0.1) is 38.9 Å². The second-order valence-corrected chi connectivity index (χ2v) is 8.01. The van der Waals surface area contributed by atoms with E-state index in [0.29, 0.717) is 20.6 Å². The molecule has 1 unspecified atom stereocenters. The van der Waals surface area contributed by atoms with Crippen LogP contribution in [0.15, 0.2) is 30.3 Å². The van der Waals surface area contributed by atoms with Gasteiger partial charge >= 0.3 is 5.97 Å². The first-order valence-electron chi connectivity index (χ1n) is 8.05. The van der Waals surface area contributed by atoms with Crippen molar-refractivity contribution in [3.05, 3.63) is 51.2 Å². The lowest BCUT2D eigenvalue weighted by atomic mass is 10.1. The van der Waals surface area contributed by atoms with Crippen LogP contribution in [-0.4, -0.2) is 28.1 Å². The average Bonchev–Trinajstić information content (AvgIpc) is 3.00. The third-order valence-corrected chi connectivity index (χ3v) is 5.88. The maximum atomic E-state index is 13.8. The van der Waals surface area contributed by atoms with Crippen molar-refractivity contribution in [3.63, 3.8) is 0 Å². The number of halogens is 3. The average molecular weight is 441 g/mol. The van der Waals surface area contributed by atoms with Crippen molar-refractivity contribution in [2.24, 2.45) is 0 Å². The molecule has 2 aromatic carbocycles. The second kappa shape index (κ2) is 7.20. The van der Waals surface area contributed by atoms with Crippen molar-refractivity contribution in [2.45, 2.75) is 19.1 Å². The van der Waals surface area contributed by atoms with Gasteiger partial charge in [-0.2, -0.15) is 0 Å². The first-order chi connectivity index (χ1) is 13.3. The number of ether oxygens (including phenoxy) is 1. The molecule has 1 aliphatic rings. The number of benzene rings is 2. The van der Waals surface area contributed by atoms with Gasteiger partial charge in [0.15, 0.2) is 6.10 Å². The number of thiazole rings is 1. The van der Waals surface area contributed by atoms with Crippen molar-refractivity contribution in [1.82, 2.24) is 4.98 Å². The van der Waals surface area contributed by atoms with Crippen LogP contribution in [0.1, 0.15) is 11.4 Å².